The molecule has 0 radical (unpaired) electrons. The van der Waals surface area contributed by atoms with Crippen LogP contribution in [-0.2, 0) is 14.4 Å². The van der Waals surface area contributed by atoms with E-state index in [-0.39, 0.29) is 10.8 Å². The van der Waals surface area contributed by atoms with Crippen LogP contribution in [0.25, 0.3) is 0 Å². The van der Waals surface area contributed by atoms with Crippen LogP contribution in [0.3, 0.4) is 0 Å². The Morgan fingerprint density at radius 2 is 1.88 bits per heavy atom. The fourth-order valence-electron chi connectivity index (χ4n) is 1.80. The lowest BCUT2D eigenvalue weighted by Gasteiger charge is -2.21. The minimum Gasteiger partial charge on any atom is -0.197 e. The third-order valence-corrected chi connectivity index (χ3v) is 4.47. The average Bonchev–Trinajstić information content (AvgIpc) is 2.36. The van der Waals surface area contributed by atoms with Crippen LogP contribution in [0.1, 0.15) is 38.7 Å². The summed E-state index contributed by atoms with van der Waals surface area (Å²) in [6, 6.07) is 6.82. The molecule has 0 aliphatic heterocycles. The SMILES string of the molecule is CCC(C)C(C)c1ccccc1S(=O)(=O)ON. The predicted molar refractivity (Wildman–Crippen MR) is 66.8 cm³/mol. The van der Waals surface area contributed by atoms with Gasteiger partial charge in [0, 0.05) is 0 Å². The van der Waals surface area contributed by atoms with E-state index in [0.717, 1.165) is 12.0 Å². The van der Waals surface area contributed by atoms with Crippen LogP contribution < -0.4 is 5.90 Å². The molecule has 2 unspecified atom stereocenters. The van der Waals surface area contributed by atoms with Gasteiger partial charge in [-0.05, 0) is 23.5 Å². The average molecular weight is 257 g/mol. The largest absolute Gasteiger partial charge is 0.312 e. The van der Waals surface area contributed by atoms with Gasteiger partial charge in [0.2, 0.25) is 0 Å². The summed E-state index contributed by atoms with van der Waals surface area (Å²) < 4.78 is 27.5. The normalized spacial score (nSPS) is 15.5. The summed E-state index contributed by atoms with van der Waals surface area (Å²) in [6.45, 7) is 6.19. The highest BCUT2D eigenvalue weighted by atomic mass is 32.2. The van der Waals surface area contributed by atoms with Crippen molar-refractivity contribution >= 4 is 10.1 Å². The van der Waals surface area contributed by atoms with E-state index in [4.69, 9.17) is 5.90 Å². The highest BCUT2D eigenvalue weighted by Crippen LogP contribution is 2.31. The van der Waals surface area contributed by atoms with Gasteiger partial charge in [-0.1, -0.05) is 45.4 Å². The molecule has 0 bridgehead atoms. The lowest BCUT2D eigenvalue weighted by molar-refractivity contribution is 0.331. The molecular formula is C12H19NO3S. The molecule has 2 atom stereocenters. The standard InChI is InChI=1S/C12H19NO3S/c1-4-9(2)10(3)11-7-5-6-8-12(11)17(14,15)16-13/h5-10H,4,13H2,1-3H3. The van der Waals surface area contributed by atoms with E-state index in [2.05, 4.69) is 18.1 Å². The highest BCUT2D eigenvalue weighted by Gasteiger charge is 2.23. The number of hydrogen-bond acceptors (Lipinski definition) is 4. The van der Waals surface area contributed by atoms with E-state index in [0.29, 0.717) is 5.92 Å². The molecule has 96 valence electrons. The van der Waals surface area contributed by atoms with Gasteiger partial charge in [0.15, 0.2) is 0 Å². The molecule has 0 aliphatic carbocycles. The van der Waals surface area contributed by atoms with Gasteiger partial charge < -0.3 is 0 Å². The first-order valence-corrected chi connectivity index (χ1v) is 7.07. The quantitative estimate of drug-likeness (QED) is 0.822. The molecule has 2 N–H and O–H groups in total. The lowest BCUT2D eigenvalue weighted by atomic mass is 9.87. The molecule has 0 amide bonds. The zero-order valence-electron chi connectivity index (χ0n) is 10.4. The summed E-state index contributed by atoms with van der Waals surface area (Å²) in [5, 5.41) is 0. The number of hydrogen-bond donors (Lipinski definition) is 1. The fourth-order valence-corrected chi connectivity index (χ4v) is 2.69. The Bertz CT molecular complexity index is 470. The Balaban J connectivity index is 3.26. The van der Waals surface area contributed by atoms with Gasteiger partial charge in [-0.3, -0.25) is 0 Å². The van der Waals surface area contributed by atoms with E-state index in [1.807, 2.05) is 19.1 Å². The smallest absolute Gasteiger partial charge is 0.197 e. The van der Waals surface area contributed by atoms with E-state index in [1.54, 1.807) is 6.07 Å². The van der Waals surface area contributed by atoms with Crippen LogP contribution in [0, 0.1) is 5.92 Å². The Labute approximate surface area is 103 Å². The van der Waals surface area contributed by atoms with Crippen molar-refractivity contribution in [2.24, 2.45) is 11.8 Å². The van der Waals surface area contributed by atoms with Crippen molar-refractivity contribution in [3.8, 4) is 0 Å². The van der Waals surface area contributed by atoms with E-state index in [1.165, 1.54) is 6.07 Å². The monoisotopic (exact) mass is 257 g/mol. The first-order valence-electron chi connectivity index (χ1n) is 5.66. The summed E-state index contributed by atoms with van der Waals surface area (Å²) in [6.07, 6.45) is 0.985. The maximum Gasteiger partial charge on any atom is 0.312 e. The van der Waals surface area contributed by atoms with Gasteiger partial charge in [-0.25, -0.2) is 0 Å². The second-order valence-electron chi connectivity index (χ2n) is 4.26. The van der Waals surface area contributed by atoms with Gasteiger partial charge in [-0.15, -0.1) is 0 Å². The van der Waals surface area contributed by atoms with Crippen LogP contribution in [0.2, 0.25) is 0 Å². The first-order chi connectivity index (χ1) is 7.94. The lowest BCUT2D eigenvalue weighted by Crippen LogP contribution is -2.16. The second-order valence-corrected chi connectivity index (χ2v) is 5.80. The molecule has 0 fully saturated rings. The molecule has 0 saturated heterocycles. The Kier molecular flexibility index (Phi) is 4.68. The summed E-state index contributed by atoms with van der Waals surface area (Å²) in [7, 11) is -3.84. The zero-order valence-corrected chi connectivity index (χ0v) is 11.2. The van der Waals surface area contributed by atoms with Gasteiger partial charge >= 0.3 is 10.1 Å². The van der Waals surface area contributed by atoms with Gasteiger partial charge in [0.05, 0.1) is 4.90 Å². The van der Waals surface area contributed by atoms with E-state index in [9.17, 15) is 8.42 Å². The predicted octanol–water partition coefficient (Wildman–Crippen LogP) is 2.42. The molecule has 0 saturated carbocycles. The minimum absolute atomic E-state index is 0.140. The van der Waals surface area contributed by atoms with Crippen molar-refractivity contribution in [3.63, 3.8) is 0 Å². The van der Waals surface area contributed by atoms with Gasteiger partial charge in [-0.2, -0.15) is 18.6 Å². The zero-order chi connectivity index (χ0) is 13.1. The number of nitrogens with two attached hydrogens (primary N) is 1. The first kappa shape index (κ1) is 14.2. The van der Waals surface area contributed by atoms with Crippen LogP contribution in [-0.4, -0.2) is 8.42 Å². The summed E-state index contributed by atoms with van der Waals surface area (Å²) in [5.74, 6) is 5.36. The van der Waals surface area contributed by atoms with Crippen LogP contribution in [0.15, 0.2) is 29.2 Å². The highest BCUT2D eigenvalue weighted by molar-refractivity contribution is 7.86. The van der Waals surface area contributed by atoms with Crippen molar-refractivity contribution < 1.29 is 12.7 Å². The third kappa shape index (κ3) is 3.06. The molecular weight excluding hydrogens is 238 g/mol. The summed E-state index contributed by atoms with van der Waals surface area (Å²) in [5.41, 5.74) is 0.757. The maximum atomic E-state index is 11.7. The molecule has 0 spiro atoms. The Hall–Kier alpha value is -0.910. The van der Waals surface area contributed by atoms with Crippen molar-refractivity contribution in [2.75, 3.05) is 0 Å². The van der Waals surface area contributed by atoms with Crippen molar-refractivity contribution in [1.29, 1.82) is 0 Å². The molecule has 4 nitrogen and oxygen atoms in total. The molecule has 0 heterocycles. The second kappa shape index (κ2) is 5.62. The molecule has 0 aliphatic rings. The van der Waals surface area contributed by atoms with Gasteiger partial charge in [0.1, 0.15) is 0 Å². The third-order valence-electron chi connectivity index (χ3n) is 3.30. The van der Waals surface area contributed by atoms with E-state index >= 15 is 0 Å². The number of rotatable bonds is 5. The van der Waals surface area contributed by atoms with Crippen molar-refractivity contribution in [3.05, 3.63) is 29.8 Å². The number of benzene rings is 1. The summed E-state index contributed by atoms with van der Waals surface area (Å²) in [4.78, 5) is 0.162. The van der Waals surface area contributed by atoms with Crippen LogP contribution in [0.5, 0.6) is 0 Å². The molecule has 1 aromatic carbocycles. The van der Waals surface area contributed by atoms with Gasteiger partial charge in [0.25, 0.3) is 0 Å². The Morgan fingerprint density at radius 3 is 2.41 bits per heavy atom. The minimum atomic E-state index is -3.84. The fraction of sp³-hybridized carbons (Fsp3) is 0.500. The van der Waals surface area contributed by atoms with E-state index < -0.39 is 10.1 Å². The molecule has 0 aromatic heterocycles. The maximum absolute atomic E-state index is 11.7. The summed E-state index contributed by atoms with van der Waals surface area (Å²) >= 11 is 0. The molecule has 17 heavy (non-hydrogen) atoms. The molecule has 1 aromatic rings. The Morgan fingerprint density at radius 1 is 1.29 bits per heavy atom. The topological polar surface area (TPSA) is 69.4 Å². The molecule has 1 rings (SSSR count). The van der Waals surface area contributed by atoms with Crippen LogP contribution >= 0.6 is 0 Å². The van der Waals surface area contributed by atoms with Crippen molar-refractivity contribution in [2.45, 2.75) is 38.0 Å². The molecule has 5 heteroatoms. The van der Waals surface area contributed by atoms with Crippen molar-refractivity contribution in [1.82, 2.24) is 0 Å². The van der Waals surface area contributed by atoms with Crippen LogP contribution in [0.4, 0.5) is 0 Å².